The number of alkyl halides is 3. The molecular formula is C17H19ClF3NO. The molecule has 2 aromatic rings. The van der Waals surface area contributed by atoms with Gasteiger partial charge in [-0.1, -0.05) is 42.5 Å². The predicted octanol–water partition coefficient (Wildman–Crippen LogP) is 5.03. The van der Waals surface area contributed by atoms with Crippen LogP contribution in [0.25, 0.3) is 0 Å². The quantitative estimate of drug-likeness (QED) is 0.797. The summed E-state index contributed by atoms with van der Waals surface area (Å²) in [6.07, 6.45) is -5.20. The highest BCUT2D eigenvalue weighted by atomic mass is 35.5. The first kappa shape index (κ1) is 19.3. The topological polar surface area (TPSA) is 35.2 Å². The van der Waals surface area contributed by atoms with Crippen LogP contribution in [-0.4, -0.2) is 6.18 Å². The summed E-state index contributed by atoms with van der Waals surface area (Å²) in [5.74, 6) is 0.601. The van der Waals surface area contributed by atoms with E-state index in [2.05, 4.69) is 0 Å². The lowest BCUT2D eigenvalue weighted by molar-refractivity contribution is -0.136. The van der Waals surface area contributed by atoms with Gasteiger partial charge in [-0.05, 0) is 29.7 Å². The van der Waals surface area contributed by atoms with Crippen molar-refractivity contribution >= 4 is 12.4 Å². The van der Waals surface area contributed by atoms with E-state index < -0.39 is 18.6 Å². The van der Waals surface area contributed by atoms with Gasteiger partial charge in [-0.25, -0.2) is 0 Å². The van der Waals surface area contributed by atoms with Crippen LogP contribution in [-0.2, 0) is 6.61 Å². The largest absolute Gasteiger partial charge is 0.489 e. The molecule has 2 aromatic carbocycles. The van der Waals surface area contributed by atoms with E-state index in [4.69, 9.17) is 10.5 Å². The van der Waals surface area contributed by atoms with Crippen molar-refractivity contribution in [2.45, 2.75) is 31.7 Å². The fraction of sp³-hybridized carbons (Fsp3) is 0.294. The van der Waals surface area contributed by atoms with Gasteiger partial charge < -0.3 is 10.5 Å². The minimum Gasteiger partial charge on any atom is -0.489 e. The summed E-state index contributed by atoms with van der Waals surface area (Å²) in [6.45, 7) is 0.405. The fourth-order valence-corrected chi connectivity index (χ4v) is 2.06. The second kappa shape index (κ2) is 8.79. The first-order chi connectivity index (χ1) is 10.4. The fourth-order valence-electron chi connectivity index (χ4n) is 2.06. The first-order valence-corrected chi connectivity index (χ1v) is 7.03. The van der Waals surface area contributed by atoms with Crippen LogP contribution in [0.4, 0.5) is 13.2 Å². The Morgan fingerprint density at radius 3 is 2.35 bits per heavy atom. The number of halogens is 4. The maximum atomic E-state index is 12.2. The third-order valence-electron chi connectivity index (χ3n) is 3.27. The van der Waals surface area contributed by atoms with Gasteiger partial charge in [0.2, 0.25) is 0 Å². The van der Waals surface area contributed by atoms with Crippen molar-refractivity contribution in [2.75, 3.05) is 0 Å². The molecule has 0 saturated heterocycles. The zero-order valence-corrected chi connectivity index (χ0v) is 13.2. The Hall–Kier alpha value is -1.72. The standard InChI is InChI=1S/C17H18F3NO.ClH/c18-17(19,20)10-9-16(21)14-7-4-8-15(11-14)22-12-13-5-2-1-3-6-13;/h1-8,11,16H,9-10,12,21H2;1H/t16-;/m1./s1. The Labute approximate surface area is 139 Å². The van der Waals surface area contributed by atoms with Crippen LogP contribution in [0.5, 0.6) is 5.75 Å². The van der Waals surface area contributed by atoms with Crippen molar-refractivity contribution in [3.63, 3.8) is 0 Å². The molecule has 0 fully saturated rings. The molecule has 2 nitrogen and oxygen atoms in total. The number of hydrogen-bond acceptors (Lipinski definition) is 2. The van der Waals surface area contributed by atoms with Crippen molar-refractivity contribution in [3.05, 3.63) is 65.7 Å². The van der Waals surface area contributed by atoms with Gasteiger partial charge in [0.05, 0.1) is 0 Å². The summed E-state index contributed by atoms with van der Waals surface area (Å²) in [4.78, 5) is 0. The molecule has 6 heteroatoms. The summed E-state index contributed by atoms with van der Waals surface area (Å²) < 4.78 is 42.4. The molecule has 0 amide bonds. The van der Waals surface area contributed by atoms with Crippen molar-refractivity contribution in [1.82, 2.24) is 0 Å². The zero-order chi connectivity index (χ0) is 16.0. The number of hydrogen-bond donors (Lipinski definition) is 1. The Morgan fingerprint density at radius 2 is 1.70 bits per heavy atom. The molecule has 0 saturated carbocycles. The van der Waals surface area contributed by atoms with Crippen molar-refractivity contribution in [1.29, 1.82) is 0 Å². The van der Waals surface area contributed by atoms with E-state index in [1.54, 1.807) is 24.3 Å². The monoisotopic (exact) mass is 345 g/mol. The third-order valence-corrected chi connectivity index (χ3v) is 3.27. The molecule has 0 aliphatic carbocycles. The van der Waals surface area contributed by atoms with Crippen LogP contribution in [0.2, 0.25) is 0 Å². The summed E-state index contributed by atoms with van der Waals surface area (Å²) in [5.41, 5.74) is 7.49. The lowest BCUT2D eigenvalue weighted by atomic mass is 10.0. The molecule has 0 aliphatic rings. The normalized spacial score (nSPS) is 12.3. The van der Waals surface area contributed by atoms with E-state index in [1.807, 2.05) is 30.3 Å². The lowest BCUT2D eigenvalue weighted by Crippen LogP contribution is -2.15. The average Bonchev–Trinajstić information content (AvgIpc) is 2.51. The highest BCUT2D eigenvalue weighted by molar-refractivity contribution is 5.85. The Morgan fingerprint density at radius 1 is 1.00 bits per heavy atom. The van der Waals surface area contributed by atoms with Crippen LogP contribution in [0.15, 0.2) is 54.6 Å². The van der Waals surface area contributed by atoms with Crippen LogP contribution in [0.1, 0.15) is 30.0 Å². The maximum absolute atomic E-state index is 12.2. The minimum atomic E-state index is -4.18. The van der Waals surface area contributed by atoms with E-state index in [0.717, 1.165) is 5.56 Å². The second-order valence-electron chi connectivity index (χ2n) is 5.11. The second-order valence-corrected chi connectivity index (χ2v) is 5.11. The van der Waals surface area contributed by atoms with Gasteiger partial charge in [0.1, 0.15) is 12.4 Å². The first-order valence-electron chi connectivity index (χ1n) is 7.03. The molecule has 0 bridgehead atoms. The smallest absolute Gasteiger partial charge is 0.389 e. The minimum absolute atomic E-state index is 0. The molecule has 1 atom stereocenters. The predicted molar refractivity (Wildman–Crippen MR) is 86.7 cm³/mol. The van der Waals surface area contributed by atoms with E-state index in [1.165, 1.54) is 0 Å². The van der Waals surface area contributed by atoms with Crippen LogP contribution < -0.4 is 10.5 Å². The van der Waals surface area contributed by atoms with Crippen LogP contribution in [0.3, 0.4) is 0 Å². The molecule has 23 heavy (non-hydrogen) atoms. The molecule has 0 aromatic heterocycles. The van der Waals surface area contributed by atoms with Crippen molar-refractivity contribution < 1.29 is 17.9 Å². The van der Waals surface area contributed by atoms with Crippen molar-refractivity contribution in [2.24, 2.45) is 5.73 Å². The maximum Gasteiger partial charge on any atom is 0.389 e. The zero-order valence-electron chi connectivity index (χ0n) is 12.4. The van der Waals surface area contributed by atoms with E-state index in [9.17, 15) is 13.2 Å². The van der Waals surface area contributed by atoms with E-state index in [-0.39, 0.29) is 18.8 Å². The molecule has 0 spiro atoms. The number of nitrogens with two attached hydrogens (primary N) is 1. The third kappa shape index (κ3) is 6.93. The van der Waals surface area contributed by atoms with Gasteiger partial charge in [-0.15, -0.1) is 12.4 Å². The van der Waals surface area contributed by atoms with Gasteiger partial charge in [0.25, 0.3) is 0 Å². The highest BCUT2D eigenvalue weighted by Gasteiger charge is 2.27. The molecular weight excluding hydrogens is 327 g/mol. The van der Waals surface area contributed by atoms with Gasteiger partial charge in [0.15, 0.2) is 0 Å². The number of ether oxygens (including phenoxy) is 1. The van der Waals surface area contributed by atoms with Gasteiger partial charge in [-0.2, -0.15) is 13.2 Å². The average molecular weight is 346 g/mol. The summed E-state index contributed by atoms with van der Waals surface area (Å²) >= 11 is 0. The Balaban J connectivity index is 0.00000264. The van der Waals surface area contributed by atoms with Crippen LogP contribution in [0, 0.1) is 0 Å². The van der Waals surface area contributed by atoms with Crippen molar-refractivity contribution in [3.8, 4) is 5.75 Å². The Bertz CT molecular complexity index is 590. The summed E-state index contributed by atoms with van der Waals surface area (Å²) in [5, 5.41) is 0. The highest BCUT2D eigenvalue weighted by Crippen LogP contribution is 2.27. The molecule has 0 unspecified atom stereocenters. The van der Waals surface area contributed by atoms with Gasteiger partial charge >= 0.3 is 6.18 Å². The molecule has 126 valence electrons. The van der Waals surface area contributed by atoms with Crippen LogP contribution >= 0.6 is 12.4 Å². The van der Waals surface area contributed by atoms with E-state index in [0.29, 0.717) is 17.9 Å². The van der Waals surface area contributed by atoms with E-state index >= 15 is 0 Å². The molecule has 2 N–H and O–H groups in total. The Kier molecular flexibility index (Phi) is 7.39. The summed E-state index contributed by atoms with van der Waals surface area (Å²) in [7, 11) is 0. The molecule has 0 aliphatic heterocycles. The number of rotatable bonds is 6. The SMILES string of the molecule is Cl.N[C@H](CCC(F)(F)F)c1cccc(OCc2ccccc2)c1. The lowest BCUT2D eigenvalue weighted by Gasteiger charge is -2.15. The number of benzene rings is 2. The molecule has 0 heterocycles. The molecule has 2 rings (SSSR count). The van der Waals surface area contributed by atoms with Gasteiger partial charge in [0, 0.05) is 12.5 Å². The van der Waals surface area contributed by atoms with Gasteiger partial charge in [-0.3, -0.25) is 0 Å². The molecule has 0 radical (unpaired) electrons. The summed E-state index contributed by atoms with van der Waals surface area (Å²) in [6, 6.07) is 15.9.